The van der Waals surface area contributed by atoms with Gasteiger partial charge in [0.05, 0.1) is 57.8 Å². The van der Waals surface area contributed by atoms with Gasteiger partial charge < -0.3 is 137 Å². The van der Waals surface area contributed by atoms with E-state index in [1.165, 1.54) is 24.3 Å². The molecule has 1 saturated heterocycles. The van der Waals surface area contributed by atoms with Gasteiger partial charge in [0, 0.05) is 71.4 Å². The van der Waals surface area contributed by atoms with E-state index < -0.39 is 274 Å². The minimum Gasteiger partial charge on any atom is -0.481 e. The number of rotatable bonds is 41. The van der Waals surface area contributed by atoms with E-state index in [-0.39, 0.29) is 43.6 Å². The molecular weight excluding hydrogens is 1730 g/mol. The molecule has 132 heavy (non-hydrogen) atoms. The van der Waals surface area contributed by atoms with Crippen molar-refractivity contribution in [3.8, 4) is 0 Å². The van der Waals surface area contributed by atoms with E-state index in [4.69, 9.17) is 21.9 Å². The summed E-state index contributed by atoms with van der Waals surface area (Å²) < 4.78 is 5.74. The lowest BCUT2D eigenvalue weighted by Crippen LogP contribution is -2.62. The molecule has 16 amide bonds. The molecule has 2 aromatic heterocycles. The maximum Gasteiger partial charge on any atom is 0.329 e. The number of hydrogen-bond donors (Lipinski definition) is 25. The number of unbranched alkanes of at least 4 members (excludes halogenated alkanes) is 8. The van der Waals surface area contributed by atoms with Gasteiger partial charge in [0.2, 0.25) is 82.7 Å². The summed E-state index contributed by atoms with van der Waals surface area (Å²) in [6.45, 7) is 1.06. The number of benzene rings is 3. The summed E-state index contributed by atoms with van der Waals surface area (Å²) in [7, 11) is 0. The van der Waals surface area contributed by atoms with Gasteiger partial charge in [-0.2, -0.15) is 0 Å². The number of nitrogens with one attached hydrogen (secondary N) is 17. The van der Waals surface area contributed by atoms with Crippen LogP contribution in [0, 0.1) is 5.92 Å². The summed E-state index contributed by atoms with van der Waals surface area (Å²) >= 11 is 0. The fourth-order valence-corrected chi connectivity index (χ4v) is 14.0. The molecule has 3 heterocycles. The molecule has 5 aromatic rings. The van der Waals surface area contributed by atoms with E-state index >= 15 is 9.59 Å². The second-order valence-corrected chi connectivity index (χ2v) is 31.7. The van der Waals surface area contributed by atoms with Gasteiger partial charge in [0.15, 0.2) is 5.78 Å². The average Bonchev–Trinajstić information content (AvgIpc) is 1.75. The number of nitrogens with two attached hydrogens (primary N) is 3. The van der Waals surface area contributed by atoms with Crippen molar-refractivity contribution >= 4 is 152 Å². The van der Waals surface area contributed by atoms with Crippen molar-refractivity contribution in [2.45, 2.75) is 228 Å². The highest BCUT2D eigenvalue weighted by atomic mass is 16.5. The Morgan fingerprint density at radius 1 is 0.485 bits per heavy atom. The number of amides is 16. The lowest BCUT2D eigenvalue weighted by molar-refractivity contribution is -0.156. The van der Waals surface area contributed by atoms with Gasteiger partial charge in [-0.3, -0.25) is 91.1 Å². The molecule has 47 heteroatoms. The van der Waals surface area contributed by atoms with Crippen LogP contribution in [0.25, 0.3) is 21.8 Å². The number of primary amides is 1. The number of ketones is 1. The normalized spacial score (nSPS) is 20.2. The molecule has 0 saturated carbocycles. The van der Waals surface area contributed by atoms with Crippen LogP contribution in [0.2, 0.25) is 0 Å². The number of urea groups is 1. The molecule has 1 aliphatic rings. The zero-order valence-corrected chi connectivity index (χ0v) is 73.1. The minimum atomic E-state index is -2.51. The fourth-order valence-electron chi connectivity index (χ4n) is 14.0. The average molecular weight is 1850 g/mol. The summed E-state index contributed by atoms with van der Waals surface area (Å²) in [5, 5.41) is 85.4. The highest BCUT2D eigenvalue weighted by molar-refractivity contribution is 6.05. The van der Waals surface area contributed by atoms with E-state index in [0.29, 0.717) is 28.5 Å². The summed E-state index contributed by atoms with van der Waals surface area (Å²) in [6.07, 6.45) is 1.46. The molecule has 6 rings (SSSR count). The third-order valence-electron chi connectivity index (χ3n) is 21.1. The molecule has 14 atom stereocenters. The molecule has 28 N–H and O–H groups in total. The SMILES string of the molecule is CCCCCCCCCCCNC(=O)NC(Cc1c[nH]c2ccccc12)C(=O)NC(CC(N)=O)C(=O)NC(CC(=O)O)C(=O)NC1C(=O)NCC(=O)NC(CCCNC(=O)C(N)Cc2c[nH]c3ccccc23)C(=O)NC(CC(=O)O)C(=O)NC(C)C(=O)NC(CC(=O)O)C(=O)NCC(=O)NC(CO)C(=O)NC(C(C)CC(=O)O)C(=O)NC(CC(=O)c2ccccc2N)C(=O)OC1C. The van der Waals surface area contributed by atoms with Crippen molar-refractivity contribution in [2.75, 3.05) is 38.5 Å². The third kappa shape index (κ3) is 35.1. The van der Waals surface area contributed by atoms with Gasteiger partial charge in [-0.15, -0.1) is 0 Å². The van der Waals surface area contributed by atoms with Crippen molar-refractivity contribution in [3.05, 3.63) is 102 Å². The fraction of sp³-hybridized carbons (Fsp3) is 0.494. The molecule has 14 unspecified atom stereocenters. The van der Waals surface area contributed by atoms with Crippen LogP contribution in [0.3, 0.4) is 0 Å². The van der Waals surface area contributed by atoms with Crippen LogP contribution in [0.5, 0.6) is 0 Å². The Labute approximate surface area is 755 Å². The predicted molar refractivity (Wildman–Crippen MR) is 467 cm³/mol. The van der Waals surface area contributed by atoms with E-state index in [0.717, 1.165) is 83.0 Å². The lowest BCUT2D eigenvalue weighted by Gasteiger charge is -2.30. The number of cyclic esters (lactones) is 1. The van der Waals surface area contributed by atoms with Crippen LogP contribution in [0.15, 0.2) is 85.2 Å². The first-order valence-corrected chi connectivity index (χ1v) is 42.8. The number of aliphatic hydroxyl groups is 1. The highest BCUT2D eigenvalue weighted by Gasteiger charge is 2.42. The molecule has 1 aliphatic heterocycles. The molecule has 1 fully saturated rings. The quantitative estimate of drug-likeness (QED) is 0.00771. The van der Waals surface area contributed by atoms with Gasteiger partial charge in [0.1, 0.15) is 72.6 Å². The van der Waals surface area contributed by atoms with Gasteiger partial charge in [-0.1, -0.05) is 114 Å². The van der Waals surface area contributed by atoms with Gasteiger partial charge >= 0.3 is 35.9 Å². The van der Waals surface area contributed by atoms with E-state index in [2.05, 4.69) is 80.7 Å². The molecule has 0 radical (unpaired) electrons. The van der Waals surface area contributed by atoms with Crippen molar-refractivity contribution < 1.29 is 131 Å². The Kier molecular flexibility index (Phi) is 42.9. The molecule has 3 aromatic carbocycles. The number of ether oxygens (including phenoxy) is 1. The Morgan fingerprint density at radius 3 is 1.56 bits per heavy atom. The van der Waals surface area contributed by atoms with Crippen LogP contribution in [-0.4, -0.2) is 271 Å². The number of carbonyl (C=O) groups is 21. The Morgan fingerprint density at radius 2 is 0.985 bits per heavy atom. The molecule has 718 valence electrons. The maximum atomic E-state index is 15.1. The number of esters is 1. The first-order valence-electron chi connectivity index (χ1n) is 42.8. The number of para-hydroxylation sites is 3. The number of nitrogen functional groups attached to an aromatic ring is 1. The van der Waals surface area contributed by atoms with Crippen molar-refractivity contribution in [3.63, 3.8) is 0 Å². The van der Waals surface area contributed by atoms with Crippen molar-refractivity contribution in [1.82, 2.24) is 89.7 Å². The van der Waals surface area contributed by atoms with Crippen molar-refractivity contribution in [2.24, 2.45) is 17.4 Å². The molecule has 0 bridgehead atoms. The van der Waals surface area contributed by atoms with Crippen LogP contribution >= 0.6 is 0 Å². The number of aliphatic hydroxyl groups excluding tert-OH is 1. The number of carbonyl (C=O) groups excluding carboxylic acids is 17. The van der Waals surface area contributed by atoms with Crippen LogP contribution in [0.4, 0.5) is 10.5 Å². The highest BCUT2D eigenvalue weighted by Crippen LogP contribution is 2.23. The third-order valence-corrected chi connectivity index (χ3v) is 21.1. The number of anilines is 1. The molecular formula is C85H116N20O27. The minimum absolute atomic E-state index is 0.0207. The van der Waals surface area contributed by atoms with E-state index in [9.17, 15) is 117 Å². The van der Waals surface area contributed by atoms with Gasteiger partial charge in [-0.05, 0) is 80.8 Å². The number of aliphatic carboxylic acids is 4. The number of carboxylic acid groups (broad SMARTS) is 4. The standard InChI is InChI=1S/C85H116N20O27/c1-5-6-7-8-9-10-11-12-19-28-90-85(131)103-56(32-47-39-92-54-26-18-15-22-49(47)54)78(124)99-57(34-64(88)108)79(125)101-60(37-70(117)118)80(126)105-72-45(4)132-84(130)61(33-63(107)50-23-13-16-24-51(50)86)102-83(129)71(43(2)30-67(111)112)104-81(127)62(42-106)97-66(110)40-93-75(121)58(35-68(113)114)98-73(119)44(3)95-77(123)59(36-69(115)116)100-76(122)55(96-65(109)41-94-82(72)128)27-20-29-89-74(120)52(87)31-46-38-91-53-25-17-14-21-48(46)53/h13-18,21-26,38-39,43-45,52,55-62,71-72,91-92,106H,5-12,19-20,27-37,40-42,86-87H2,1-4H3,(H2,88,108)(H,89,120)(H,93,121)(H,94,128)(H,95,123)(H,96,109)(H,97,110)(H,98,119)(H,99,124)(H,100,122)(H,101,125)(H,102,129)(H,104,127)(H,105,126)(H,111,112)(H,113,114)(H,115,116)(H,117,118)(H2,90,103,131). The Balaban J connectivity index is 1.41. The summed E-state index contributed by atoms with van der Waals surface area (Å²) in [4.78, 5) is 297. The number of H-pyrrole nitrogens is 2. The molecule has 0 aliphatic carbocycles. The van der Waals surface area contributed by atoms with E-state index in [1.807, 2.05) is 16.0 Å². The van der Waals surface area contributed by atoms with Crippen molar-refractivity contribution in [1.29, 1.82) is 0 Å². The monoisotopic (exact) mass is 1850 g/mol. The number of hydrogen-bond acceptors (Lipinski definition) is 25. The first-order chi connectivity index (χ1) is 62.7. The number of fused-ring (bicyclic) bond motifs is 2. The Bertz CT molecular complexity index is 4980. The van der Waals surface area contributed by atoms with Crippen LogP contribution < -0.4 is 97.0 Å². The second-order valence-electron chi connectivity index (χ2n) is 31.7. The maximum absolute atomic E-state index is 15.1. The number of aromatic nitrogens is 2. The zero-order chi connectivity index (χ0) is 97.4. The zero-order valence-electron chi connectivity index (χ0n) is 73.1. The van der Waals surface area contributed by atoms with Gasteiger partial charge in [0.25, 0.3) is 0 Å². The first kappa shape index (κ1) is 106. The van der Waals surface area contributed by atoms with E-state index in [1.54, 1.807) is 60.9 Å². The smallest absolute Gasteiger partial charge is 0.329 e. The second kappa shape index (κ2) is 53.3. The summed E-state index contributed by atoms with van der Waals surface area (Å²) in [6, 6.07) is -6.17. The molecule has 47 nitrogen and oxygen atoms in total. The number of aromatic amines is 2. The molecule has 0 spiro atoms. The number of carboxylic acids is 4. The summed E-state index contributed by atoms with van der Waals surface area (Å²) in [5.41, 5.74) is 20.1. The predicted octanol–water partition coefficient (Wildman–Crippen LogP) is -3.84. The summed E-state index contributed by atoms with van der Waals surface area (Å²) in [5.74, 6) is -30.6. The largest absolute Gasteiger partial charge is 0.481 e. The van der Waals surface area contributed by atoms with Crippen LogP contribution in [0.1, 0.15) is 158 Å². The van der Waals surface area contributed by atoms with Gasteiger partial charge in [-0.25, -0.2) is 9.59 Å². The lowest BCUT2D eigenvalue weighted by atomic mass is 9.96. The topological polar surface area (TPSA) is 759 Å². The number of Topliss-reactive ketones (excluding diaryl/α,β-unsaturated/α-hetero) is 1. The van der Waals surface area contributed by atoms with Crippen LogP contribution in [-0.2, 0) is 109 Å². The Hall–Kier alpha value is -14.7.